The molecule has 65 heavy (non-hydrogen) atoms. The lowest BCUT2D eigenvalue weighted by molar-refractivity contribution is -0.138. The molecule has 2 aromatic heterocycles. The standard InChI is InChI=1S/C24H19F5N4O3S.C18H16F4N4O.ClH/c1-30-23-15(13-32(31-23)19-7-3-16(4-8-19)24(27,28)29)2-11-22(34)21-12-18(26)14-33(21)37(35,36)20-9-5-17(25)6-10-20;1-23-17-11(2-7-16(27)15-8-13(19)9-24-15)10-26(25-17)14-5-3-12(4-6-14)18(20,21)22;/h3-10,13,18,21H,2,11-12,14H2;3-6,10,13,15,24H,2,7-9H2;1H/t18-,21+;13-,15+;/m11./s1. The van der Waals surface area contributed by atoms with Crippen LogP contribution in [0.4, 0.5) is 51.1 Å². The highest BCUT2D eigenvalue weighted by Crippen LogP contribution is 2.33. The number of alkyl halides is 8. The van der Waals surface area contributed by atoms with E-state index in [9.17, 15) is 57.5 Å². The second kappa shape index (κ2) is 20.4. The van der Waals surface area contributed by atoms with Crippen LogP contribution in [0.1, 0.15) is 47.9 Å². The van der Waals surface area contributed by atoms with Crippen LogP contribution in [0.25, 0.3) is 21.1 Å². The zero-order chi connectivity index (χ0) is 46.6. The Bertz CT molecular complexity index is 2680. The van der Waals surface area contributed by atoms with Gasteiger partial charge in [0.25, 0.3) is 11.6 Å². The number of halogens is 10. The molecule has 2 saturated heterocycles. The van der Waals surface area contributed by atoms with Crippen molar-refractivity contribution in [3.63, 3.8) is 0 Å². The first-order chi connectivity index (χ1) is 30.2. The smallest absolute Gasteiger partial charge is 0.359 e. The number of benzene rings is 3. The Balaban J connectivity index is 0.000000252. The second-order valence-corrected chi connectivity index (χ2v) is 16.7. The molecule has 23 heteroatoms. The highest BCUT2D eigenvalue weighted by molar-refractivity contribution is 7.89. The van der Waals surface area contributed by atoms with E-state index in [2.05, 4.69) is 25.2 Å². The molecule has 0 amide bonds. The van der Waals surface area contributed by atoms with Crippen LogP contribution < -0.4 is 5.32 Å². The molecule has 4 heterocycles. The van der Waals surface area contributed by atoms with Gasteiger partial charge in [0, 0.05) is 62.3 Å². The number of aromatic nitrogens is 4. The fourth-order valence-corrected chi connectivity index (χ4v) is 8.71. The molecule has 0 unspecified atom stereocenters. The predicted molar refractivity (Wildman–Crippen MR) is 218 cm³/mol. The van der Waals surface area contributed by atoms with Crippen LogP contribution in [-0.4, -0.2) is 81.4 Å². The Kier molecular flexibility index (Phi) is 15.7. The molecule has 2 aliphatic heterocycles. The summed E-state index contributed by atoms with van der Waals surface area (Å²) in [6.07, 6.45) is -8.63. The summed E-state index contributed by atoms with van der Waals surface area (Å²) in [5, 5.41) is 10.9. The summed E-state index contributed by atoms with van der Waals surface area (Å²) < 4.78 is 146. The van der Waals surface area contributed by atoms with Gasteiger partial charge in [-0.15, -0.1) is 12.4 Å². The number of Topliss-reactive ketones (excluding diaryl/α,β-unsaturated/α-hetero) is 2. The number of hydrogen-bond donors (Lipinski definition) is 1. The molecule has 0 radical (unpaired) electrons. The summed E-state index contributed by atoms with van der Waals surface area (Å²) >= 11 is 0. The number of sulfonamides is 1. The molecular formula is C42H36ClF9N8O4S. The fraction of sp³-hybridized carbons (Fsp3) is 0.333. The molecular weight excluding hydrogens is 919 g/mol. The van der Waals surface area contributed by atoms with Crippen molar-refractivity contribution >= 4 is 45.6 Å². The molecule has 0 bridgehead atoms. The van der Waals surface area contributed by atoms with Gasteiger partial charge in [0.2, 0.25) is 10.0 Å². The lowest BCUT2D eigenvalue weighted by Gasteiger charge is -2.22. The monoisotopic (exact) mass is 954 g/mol. The third-order valence-corrected chi connectivity index (χ3v) is 12.3. The van der Waals surface area contributed by atoms with Crippen molar-refractivity contribution in [3.05, 3.63) is 136 Å². The van der Waals surface area contributed by atoms with E-state index in [4.69, 9.17) is 13.1 Å². The summed E-state index contributed by atoms with van der Waals surface area (Å²) in [6.45, 7) is 14.2. The van der Waals surface area contributed by atoms with Gasteiger partial charge >= 0.3 is 12.4 Å². The molecule has 12 nitrogen and oxygen atoms in total. The molecule has 0 aliphatic carbocycles. The maximum Gasteiger partial charge on any atom is 0.416 e. The summed E-state index contributed by atoms with van der Waals surface area (Å²) in [5.41, 5.74) is -0.127. The number of hydrogen-bond acceptors (Lipinski definition) is 7. The van der Waals surface area contributed by atoms with Crippen LogP contribution >= 0.6 is 12.4 Å². The quantitative estimate of drug-likeness (QED) is 0.0978. The van der Waals surface area contributed by atoms with Crippen LogP contribution in [0.3, 0.4) is 0 Å². The van der Waals surface area contributed by atoms with Crippen molar-refractivity contribution in [1.82, 2.24) is 29.2 Å². The molecule has 5 aromatic rings. The minimum atomic E-state index is -4.51. The zero-order valence-electron chi connectivity index (χ0n) is 33.5. The second-order valence-electron chi connectivity index (χ2n) is 14.8. The first kappa shape index (κ1) is 49.9. The molecule has 2 aliphatic rings. The van der Waals surface area contributed by atoms with E-state index < -0.39 is 76.1 Å². The fourth-order valence-electron chi connectivity index (χ4n) is 7.06. The van der Waals surface area contributed by atoms with Gasteiger partial charge in [-0.1, -0.05) is 13.1 Å². The molecule has 2 fully saturated rings. The average Bonchev–Trinajstić information content (AvgIpc) is 4.08. The van der Waals surface area contributed by atoms with Crippen molar-refractivity contribution in [3.8, 4) is 11.4 Å². The van der Waals surface area contributed by atoms with Gasteiger partial charge in [0.1, 0.15) is 23.9 Å². The lowest BCUT2D eigenvalue weighted by Crippen LogP contribution is -2.40. The van der Waals surface area contributed by atoms with E-state index in [0.717, 1.165) is 52.8 Å². The number of carbonyl (C=O) groups is 2. The number of ketones is 2. The SMILES string of the molecule is Cl.[C-]#[N+]c1nn(-c2ccc(C(F)(F)F)cc2)cc1CCC(=O)[C@@H]1C[C@@H](F)CN1.[C-]#[N+]c1nn(-c2ccc(C(F)(F)F)cc2)cc1CCC(=O)[C@@H]1C[C@@H](F)CN1S(=O)(=O)c1ccc(F)cc1. The van der Waals surface area contributed by atoms with Crippen molar-refractivity contribution in [2.24, 2.45) is 0 Å². The summed E-state index contributed by atoms with van der Waals surface area (Å²) in [6, 6.07) is 10.7. The number of nitrogens with zero attached hydrogens (tertiary/aromatic N) is 7. The van der Waals surface area contributed by atoms with Crippen molar-refractivity contribution in [1.29, 1.82) is 0 Å². The first-order valence-corrected chi connectivity index (χ1v) is 20.7. The van der Waals surface area contributed by atoms with Crippen LogP contribution in [0.5, 0.6) is 0 Å². The Morgan fingerprint density at radius 3 is 1.58 bits per heavy atom. The maximum atomic E-state index is 14.2. The maximum absolute atomic E-state index is 14.2. The Hall–Kier alpha value is -6.07. The largest absolute Gasteiger partial charge is 0.416 e. The van der Waals surface area contributed by atoms with Gasteiger partial charge in [-0.25, -0.2) is 21.6 Å². The predicted octanol–water partition coefficient (Wildman–Crippen LogP) is 8.95. The summed E-state index contributed by atoms with van der Waals surface area (Å²) in [5.74, 6) is -1.33. The minimum Gasteiger partial charge on any atom is -0.359 e. The third kappa shape index (κ3) is 12.0. The molecule has 0 spiro atoms. The van der Waals surface area contributed by atoms with Crippen LogP contribution in [-0.2, 0) is 44.8 Å². The number of aryl methyl sites for hydroxylation is 2. The highest BCUT2D eigenvalue weighted by Gasteiger charge is 2.44. The summed E-state index contributed by atoms with van der Waals surface area (Å²) in [7, 11) is -4.26. The van der Waals surface area contributed by atoms with Crippen molar-refractivity contribution in [2.75, 3.05) is 13.1 Å². The Morgan fingerprint density at radius 1 is 0.708 bits per heavy atom. The van der Waals surface area contributed by atoms with E-state index in [0.29, 0.717) is 16.8 Å². The summed E-state index contributed by atoms with van der Waals surface area (Å²) in [4.78, 5) is 31.4. The molecule has 344 valence electrons. The normalized spacial score (nSPS) is 18.8. The zero-order valence-corrected chi connectivity index (χ0v) is 35.2. The van der Waals surface area contributed by atoms with Crippen LogP contribution in [0, 0.1) is 19.0 Å². The molecule has 3 aromatic carbocycles. The van der Waals surface area contributed by atoms with Gasteiger partial charge in [0.05, 0.1) is 39.5 Å². The Labute approximate surface area is 372 Å². The molecule has 1 N–H and O–H groups in total. The van der Waals surface area contributed by atoms with Crippen molar-refractivity contribution < 1.29 is 57.5 Å². The Morgan fingerprint density at radius 2 is 1.17 bits per heavy atom. The third-order valence-electron chi connectivity index (χ3n) is 10.4. The molecule has 4 atom stereocenters. The van der Waals surface area contributed by atoms with Crippen LogP contribution in [0.15, 0.2) is 90.1 Å². The van der Waals surface area contributed by atoms with Gasteiger partial charge in [-0.3, -0.25) is 9.59 Å². The van der Waals surface area contributed by atoms with Gasteiger partial charge in [0.15, 0.2) is 5.78 Å². The number of rotatable bonds is 12. The molecule has 0 saturated carbocycles. The van der Waals surface area contributed by atoms with E-state index in [1.807, 2.05) is 0 Å². The topological polar surface area (TPSA) is 128 Å². The first-order valence-electron chi connectivity index (χ1n) is 19.3. The lowest BCUT2D eigenvalue weighted by atomic mass is 10.0. The van der Waals surface area contributed by atoms with E-state index >= 15 is 0 Å². The minimum absolute atomic E-state index is 0. The number of carbonyl (C=O) groups excluding carboxylic acids is 2. The average molecular weight is 955 g/mol. The van der Waals surface area contributed by atoms with E-state index in [-0.39, 0.29) is 85.5 Å². The number of nitrogens with one attached hydrogen (secondary N) is 1. The van der Waals surface area contributed by atoms with Gasteiger partial charge in [-0.2, -0.15) is 40.0 Å². The highest BCUT2D eigenvalue weighted by atomic mass is 35.5. The van der Waals surface area contributed by atoms with Gasteiger partial charge < -0.3 is 15.0 Å². The van der Waals surface area contributed by atoms with E-state index in [1.54, 1.807) is 0 Å². The molecule has 7 rings (SSSR count). The van der Waals surface area contributed by atoms with Gasteiger partial charge in [-0.05, 0) is 95.8 Å². The van der Waals surface area contributed by atoms with Crippen molar-refractivity contribution in [2.45, 2.75) is 80.2 Å². The van der Waals surface area contributed by atoms with Crippen LogP contribution in [0.2, 0.25) is 0 Å². The van der Waals surface area contributed by atoms with E-state index in [1.165, 1.54) is 46.0 Å².